The number of aryl methyl sites for hydroxylation is 1. The SMILES string of the molecule is Cn1cc(C(=O)N[C@@H]2C=C[C@H](CO)C2)c(-c2ccc([N+](=O)[O-])cc2)n1. The number of nitro benzene ring substituents is 1. The van der Waals surface area contributed by atoms with Crippen molar-refractivity contribution in [3.8, 4) is 11.3 Å². The number of aliphatic hydroxyl groups is 1. The van der Waals surface area contributed by atoms with Crippen LogP contribution in [0, 0.1) is 16.0 Å². The highest BCUT2D eigenvalue weighted by Crippen LogP contribution is 2.25. The molecule has 0 saturated carbocycles. The summed E-state index contributed by atoms with van der Waals surface area (Å²) in [6.07, 6.45) is 6.05. The van der Waals surface area contributed by atoms with Crippen LogP contribution in [0.25, 0.3) is 11.3 Å². The number of non-ortho nitro benzene ring substituents is 1. The number of benzene rings is 1. The molecule has 1 aromatic carbocycles. The molecule has 0 aliphatic heterocycles. The van der Waals surface area contributed by atoms with Gasteiger partial charge in [0, 0.05) is 49.5 Å². The third-order valence-corrected chi connectivity index (χ3v) is 4.15. The number of nitrogens with zero attached hydrogens (tertiary/aromatic N) is 3. The maximum absolute atomic E-state index is 12.6. The van der Waals surface area contributed by atoms with E-state index in [9.17, 15) is 14.9 Å². The fourth-order valence-electron chi connectivity index (χ4n) is 2.87. The van der Waals surface area contributed by atoms with E-state index in [1.807, 2.05) is 12.2 Å². The quantitative estimate of drug-likeness (QED) is 0.488. The second-order valence-electron chi connectivity index (χ2n) is 6.01. The first-order valence-electron chi connectivity index (χ1n) is 7.86. The van der Waals surface area contributed by atoms with Gasteiger partial charge in [-0.1, -0.05) is 12.2 Å². The van der Waals surface area contributed by atoms with E-state index in [1.54, 1.807) is 25.4 Å². The molecule has 0 spiro atoms. The van der Waals surface area contributed by atoms with Crippen LogP contribution < -0.4 is 5.32 Å². The Morgan fingerprint density at radius 2 is 2.12 bits per heavy atom. The summed E-state index contributed by atoms with van der Waals surface area (Å²) >= 11 is 0. The van der Waals surface area contributed by atoms with Crippen molar-refractivity contribution in [2.24, 2.45) is 13.0 Å². The van der Waals surface area contributed by atoms with Gasteiger partial charge in [-0.05, 0) is 18.6 Å². The molecule has 1 aliphatic rings. The zero-order valence-electron chi connectivity index (χ0n) is 13.6. The number of rotatable bonds is 5. The van der Waals surface area contributed by atoms with Gasteiger partial charge < -0.3 is 10.4 Å². The van der Waals surface area contributed by atoms with Crippen LogP contribution in [0.3, 0.4) is 0 Å². The fourth-order valence-corrected chi connectivity index (χ4v) is 2.87. The third-order valence-electron chi connectivity index (χ3n) is 4.15. The lowest BCUT2D eigenvalue weighted by atomic mass is 10.1. The third kappa shape index (κ3) is 3.58. The van der Waals surface area contributed by atoms with Crippen LogP contribution in [-0.2, 0) is 7.05 Å². The molecule has 1 aromatic heterocycles. The molecule has 1 heterocycles. The lowest BCUT2D eigenvalue weighted by Crippen LogP contribution is -2.33. The first kappa shape index (κ1) is 16.8. The summed E-state index contributed by atoms with van der Waals surface area (Å²) in [5.41, 5.74) is 1.48. The van der Waals surface area contributed by atoms with Crippen molar-refractivity contribution >= 4 is 11.6 Å². The number of amides is 1. The van der Waals surface area contributed by atoms with Crippen LogP contribution in [0.4, 0.5) is 5.69 Å². The number of hydrogen-bond donors (Lipinski definition) is 2. The molecule has 0 bridgehead atoms. The van der Waals surface area contributed by atoms with Gasteiger partial charge in [0.2, 0.25) is 0 Å². The maximum Gasteiger partial charge on any atom is 0.269 e. The minimum atomic E-state index is -0.472. The van der Waals surface area contributed by atoms with Crippen LogP contribution in [-0.4, -0.2) is 38.4 Å². The Labute approximate surface area is 143 Å². The van der Waals surface area contributed by atoms with Gasteiger partial charge in [-0.25, -0.2) is 0 Å². The Morgan fingerprint density at radius 3 is 2.72 bits per heavy atom. The molecular weight excluding hydrogens is 324 g/mol. The number of aromatic nitrogens is 2. The van der Waals surface area contributed by atoms with Gasteiger partial charge in [-0.15, -0.1) is 0 Å². The number of nitrogens with one attached hydrogen (secondary N) is 1. The lowest BCUT2D eigenvalue weighted by Gasteiger charge is -2.12. The summed E-state index contributed by atoms with van der Waals surface area (Å²) in [4.78, 5) is 22.9. The van der Waals surface area contributed by atoms with Crippen LogP contribution in [0.1, 0.15) is 16.8 Å². The van der Waals surface area contributed by atoms with Gasteiger partial charge in [0.1, 0.15) is 5.69 Å². The van der Waals surface area contributed by atoms with Crippen molar-refractivity contribution < 1.29 is 14.8 Å². The molecule has 25 heavy (non-hydrogen) atoms. The molecule has 2 N–H and O–H groups in total. The maximum atomic E-state index is 12.6. The molecule has 0 unspecified atom stereocenters. The molecular formula is C17H18N4O4. The Balaban J connectivity index is 1.82. The second-order valence-corrected chi connectivity index (χ2v) is 6.01. The summed E-state index contributed by atoms with van der Waals surface area (Å²) in [7, 11) is 1.71. The van der Waals surface area contributed by atoms with Crippen molar-refractivity contribution in [2.75, 3.05) is 6.61 Å². The first-order valence-corrected chi connectivity index (χ1v) is 7.86. The molecule has 0 fully saturated rings. The Hall–Kier alpha value is -3.00. The summed E-state index contributed by atoms with van der Waals surface area (Å²) in [5.74, 6) is -0.206. The highest BCUT2D eigenvalue weighted by atomic mass is 16.6. The smallest absolute Gasteiger partial charge is 0.269 e. The standard InChI is InChI=1S/C17H18N4O4/c1-20-9-15(17(23)18-13-5-2-11(8-13)10-22)16(19-20)12-3-6-14(7-4-12)21(24)25/h2-7,9,11,13,22H,8,10H2,1H3,(H,18,23)/t11-,13+/m0/s1. The van der Waals surface area contributed by atoms with Gasteiger partial charge in [-0.3, -0.25) is 19.6 Å². The average Bonchev–Trinajstić information content (AvgIpc) is 3.21. The summed E-state index contributed by atoms with van der Waals surface area (Å²) < 4.78 is 1.53. The Bertz CT molecular complexity index is 826. The summed E-state index contributed by atoms with van der Waals surface area (Å²) in [6, 6.07) is 5.80. The van der Waals surface area contributed by atoms with Crippen LogP contribution in [0.15, 0.2) is 42.6 Å². The number of hydrogen-bond acceptors (Lipinski definition) is 5. The zero-order chi connectivity index (χ0) is 18.0. The van der Waals surface area contributed by atoms with Gasteiger partial charge in [0.25, 0.3) is 11.6 Å². The van der Waals surface area contributed by atoms with E-state index in [1.165, 1.54) is 16.8 Å². The van der Waals surface area contributed by atoms with Crippen molar-refractivity contribution in [2.45, 2.75) is 12.5 Å². The second kappa shape index (κ2) is 6.86. The molecule has 2 aromatic rings. The fraction of sp³-hybridized carbons (Fsp3) is 0.294. The van der Waals surface area contributed by atoms with Crippen molar-refractivity contribution in [3.05, 3.63) is 58.3 Å². The van der Waals surface area contributed by atoms with E-state index < -0.39 is 4.92 Å². The van der Waals surface area contributed by atoms with Gasteiger partial charge in [0.05, 0.1) is 10.5 Å². The molecule has 3 rings (SSSR count). The lowest BCUT2D eigenvalue weighted by molar-refractivity contribution is -0.384. The van der Waals surface area contributed by atoms with E-state index >= 15 is 0 Å². The molecule has 1 aliphatic carbocycles. The topological polar surface area (TPSA) is 110 Å². The highest BCUT2D eigenvalue weighted by molar-refractivity contribution is 6.00. The van der Waals surface area contributed by atoms with Crippen LogP contribution in [0.5, 0.6) is 0 Å². The molecule has 0 radical (unpaired) electrons. The van der Waals surface area contributed by atoms with E-state index in [0.717, 1.165) is 0 Å². The molecule has 130 valence electrons. The molecule has 2 atom stereocenters. The van der Waals surface area contributed by atoms with Crippen LogP contribution >= 0.6 is 0 Å². The average molecular weight is 342 g/mol. The number of carbonyl (C=O) groups is 1. The van der Waals surface area contributed by atoms with E-state index in [0.29, 0.717) is 23.2 Å². The molecule has 8 nitrogen and oxygen atoms in total. The Kier molecular flexibility index (Phi) is 4.62. The number of aliphatic hydroxyl groups excluding tert-OH is 1. The predicted octanol–water partition coefficient (Wildman–Crippen LogP) is 1.66. The van der Waals surface area contributed by atoms with Gasteiger partial charge in [0.15, 0.2) is 0 Å². The predicted molar refractivity (Wildman–Crippen MR) is 90.9 cm³/mol. The van der Waals surface area contributed by atoms with E-state index in [4.69, 9.17) is 5.11 Å². The van der Waals surface area contributed by atoms with Crippen molar-refractivity contribution in [3.63, 3.8) is 0 Å². The largest absolute Gasteiger partial charge is 0.396 e. The molecule has 8 heteroatoms. The molecule has 1 amide bonds. The van der Waals surface area contributed by atoms with E-state index in [2.05, 4.69) is 10.4 Å². The van der Waals surface area contributed by atoms with Crippen molar-refractivity contribution in [1.82, 2.24) is 15.1 Å². The van der Waals surface area contributed by atoms with Crippen LogP contribution in [0.2, 0.25) is 0 Å². The number of carbonyl (C=O) groups excluding carboxylic acids is 1. The van der Waals surface area contributed by atoms with Gasteiger partial charge >= 0.3 is 0 Å². The van der Waals surface area contributed by atoms with E-state index in [-0.39, 0.29) is 30.2 Å². The number of nitro groups is 1. The summed E-state index contributed by atoms with van der Waals surface area (Å²) in [6.45, 7) is 0.0593. The highest BCUT2D eigenvalue weighted by Gasteiger charge is 2.23. The normalized spacial score (nSPS) is 19.1. The minimum Gasteiger partial charge on any atom is -0.396 e. The zero-order valence-corrected chi connectivity index (χ0v) is 13.6. The van der Waals surface area contributed by atoms with Gasteiger partial charge in [-0.2, -0.15) is 5.10 Å². The minimum absolute atomic E-state index is 0.0168. The monoisotopic (exact) mass is 342 g/mol. The first-order chi connectivity index (χ1) is 12.0. The Morgan fingerprint density at radius 1 is 1.40 bits per heavy atom. The summed E-state index contributed by atoms with van der Waals surface area (Å²) in [5, 5.41) is 27.2. The molecule has 0 saturated heterocycles. The van der Waals surface area contributed by atoms with Crippen molar-refractivity contribution in [1.29, 1.82) is 0 Å².